The average Bonchev–Trinajstić information content (AvgIpc) is 2.69. The van der Waals surface area contributed by atoms with E-state index in [0.29, 0.717) is 24.7 Å². The molecule has 0 radical (unpaired) electrons. The Labute approximate surface area is 122 Å². The summed E-state index contributed by atoms with van der Waals surface area (Å²) in [4.78, 5) is 10.5. The molecule has 7 heteroatoms. The smallest absolute Gasteiger partial charge is 0.298 e. The second-order valence-electron chi connectivity index (χ2n) is 3.11. The maximum absolute atomic E-state index is 11.0. The van der Waals surface area contributed by atoms with Gasteiger partial charge in [0, 0.05) is 4.47 Å². The Bertz CT molecular complexity index is 581. The predicted molar refractivity (Wildman–Crippen MR) is 73.9 cm³/mol. The summed E-state index contributed by atoms with van der Waals surface area (Å²) in [6.45, 7) is 0. The van der Waals surface area contributed by atoms with Crippen molar-refractivity contribution in [2.24, 2.45) is 0 Å². The fourth-order valence-corrected chi connectivity index (χ4v) is 4.20. The topological polar surface area (TPSA) is 56.3 Å². The van der Waals surface area contributed by atoms with Crippen LogP contribution in [0.1, 0.15) is 0 Å². The molecule has 1 aromatic heterocycles. The van der Waals surface area contributed by atoms with Crippen LogP contribution >= 0.6 is 47.8 Å². The number of benzene rings is 1. The van der Waals surface area contributed by atoms with Crippen molar-refractivity contribution in [1.29, 1.82) is 0 Å². The molecule has 0 aliphatic carbocycles. The highest BCUT2D eigenvalue weighted by Gasteiger charge is 2.24. The zero-order valence-corrected chi connectivity index (χ0v) is 12.9. The summed E-state index contributed by atoms with van der Waals surface area (Å²) in [5.74, 6) is 0.555. The van der Waals surface area contributed by atoms with Crippen LogP contribution < -0.4 is 0 Å². The van der Waals surface area contributed by atoms with Crippen molar-refractivity contribution in [3.05, 3.63) is 48.0 Å². The first-order valence-electron chi connectivity index (χ1n) is 4.38. The van der Waals surface area contributed by atoms with Gasteiger partial charge in [0.25, 0.3) is 5.69 Å². The van der Waals surface area contributed by atoms with Crippen LogP contribution in [0.15, 0.2) is 42.3 Å². The molecule has 0 unspecified atom stereocenters. The van der Waals surface area contributed by atoms with Gasteiger partial charge in [0.15, 0.2) is 0 Å². The molecule has 1 aromatic carbocycles. The Kier molecular flexibility index (Phi) is 3.70. The molecule has 0 N–H and O–H groups in total. The Morgan fingerprint density at radius 1 is 1.24 bits per heavy atom. The van der Waals surface area contributed by atoms with E-state index in [-0.39, 0.29) is 5.69 Å². The van der Waals surface area contributed by atoms with Gasteiger partial charge in [0.1, 0.15) is 10.2 Å². The molecule has 88 valence electrons. The third-order valence-electron chi connectivity index (χ3n) is 2.10. The average molecular weight is 426 g/mol. The van der Waals surface area contributed by atoms with Gasteiger partial charge < -0.3 is 4.42 Å². The van der Waals surface area contributed by atoms with Crippen LogP contribution in [0.5, 0.6) is 0 Å². The summed E-state index contributed by atoms with van der Waals surface area (Å²) in [5, 5.41) is 11.0. The first kappa shape index (κ1) is 12.8. The van der Waals surface area contributed by atoms with Crippen LogP contribution in [0.25, 0.3) is 11.3 Å². The van der Waals surface area contributed by atoms with E-state index in [2.05, 4.69) is 47.8 Å². The lowest BCUT2D eigenvalue weighted by atomic mass is 10.1. The molecule has 0 bridgehead atoms. The van der Waals surface area contributed by atoms with E-state index >= 15 is 0 Å². The van der Waals surface area contributed by atoms with Gasteiger partial charge in [-0.15, -0.1) is 0 Å². The van der Waals surface area contributed by atoms with Crippen LogP contribution in [0, 0.1) is 10.1 Å². The summed E-state index contributed by atoms with van der Waals surface area (Å²) in [5.41, 5.74) is 0.588. The molecule has 0 atom stereocenters. The zero-order valence-electron chi connectivity index (χ0n) is 8.12. The molecule has 0 aliphatic heterocycles. The summed E-state index contributed by atoms with van der Waals surface area (Å²) in [6, 6.07) is 5.09. The fraction of sp³-hybridized carbons (Fsp3) is 0. The SMILES string of the molecule is O=[N+]([O-])c1c(Br)cc(Br)c(-c2ccco2)c1Br. The number of hydrogen-bond acceptors (Lipinski definition) is 3. The molecule has 0 aliphatic rings. The second kappa shape index (κ2) is 4.91. The third-order valence-corrected chi connectivity index (χ3v) is 4.10. The molecular formula is C10H4Br3NO3. The van der Waals surface area contributed by atoms with E-state index in [1.807, 2.05) is 0 Å². The first-order chi connectivity index (χ1) is 8.02. The molecule has 0 saturated heterocycles. The number of nitrogens with zero attached hydrogens (tertiary/aromatic N) is 1. The van der Waals surface area contributed by atoms with Gasteiger partial charge in [-0.05, 0) is 66.0 Å². The largest absolute Gasteiger partial charge is 0.464 e. The molecule has 0 saturated carbocycles. The summed E-state index contributed by atoms with van der Waals surface area (Å²) in [6.07, 6.45) is 1.52. The predicted octanol–water partition coefficient (Wildman–Crippen LogP) is 5.14. The molecule has 4 nitrogen and oxygen atoms in total. The molecule has 2 aromatic rings. The number of hydrogen-bond donors (Lipinski definition) is 0. The molecule has 1 heterocycles. The number of nitro groups is 1. The van der Waals surface area contributed by atoms with Crippen molar-refractivity contribution in [1.82, 2.24) is 0 Å². The van der Waals surface area contributed by atoms with Crippen LogP contribution in [0.4, 0.5) is 5.69 Å². The quantitative estimate of drug-likeness (QED) is 0.494. The highest BCUT2D eigenvalue weighted by Crippen LogP contribution is 2.44. The van der Waals surface area contributed by atoms with Crippen molar-refractivity contribution in [2.75, 3.05) is 0 Å². The van der Waals surface area contributed by atoms with Gasteiger partial charge in [-0.25, -0.2) is 0 Å². The summed E-state index contributed by atoms with van der Waals surface area (Å²) >= 11 is 9.77. The van der Waals surface area contributed by atoms with E-state index in [4.69, 9.17) is 4.42 Å². The van der Waals surface area contributed by atoms with Crippen molar-refractivity contribution in [3.8, 4) is 11.3 Å². The van der Waals surface area contributed by atoms with Gasteiger partial charge in [-0.3, -0.25) is 10.1 Å². The normalized spacial score (nSPS) is 10.5. The minimum absolute atomic E-state index is 0.0281. The first-order valence-corrected chi connectivity index (χ1v) is 6.76. The highest BCUT2D eigenvalue weighted by molar-refractivity contribution is 9.11. The minimum Gasteiger partial charge on any atom is -0.464 e. The van der Waals surface area contributed by atoms with Crippen molar-refractivity contribution in [3.63, 3.8) is 0 Å². The monoisotopic (exact) mass is 423 g/mol. The number of furan rings is 1. The van der Waals surface area contributed by atoms with E-state index < -0.39 is 4.92 Å². The van der Waals surface area contributed by atoms with Gasteiger partial charge in [0.2, 0.25) is 0 Å². The lowest BCUT2D eigenvalue weighted by molar-refractivity contribution is -0.386. The Morgan fingerprint density at radius 2 is 1.94 bits per heavy atom. The summed E-state index contributed by atoms with van der Waals surface area (Å²) < 4.78 is 6.74. The molecule has 17 heavy (non-hydrogen) atoms. The van der Waals surface area contributed by atoms with Crippen molar-refractivity contribution in [2.45, 2.75) is 0 Å². The Hall–Kier alpha value is -0.660. The number of halogens is 3. The van der Waals surface area contributed by atoms with Crippen molar-refractivity contribution >= 4 is 53.5 Å². The highest BCUT2D eigenvalue weighted by atomic mass is 79.9. The lowest BCUT2D eigenvalue weighted by Gasteiger charge is -2.06. The Balaban J connectivity index is 2.77. The van der Waals surface area contributed by atoms with Gasteiger partial charge >= 0.3 is 0 Å². The second-order valence-corrected chi connectivity index (χ2v) is 5.61. The lowest BCUT2D eigenvalue weighted by Crippen LogP contribution is -1.93. The standard InChI is InChI=1S/C10H4Br3NO3/c11-5-4-6(12)10(14(15)16)9(13)8(5)7-2-1-3-17-7/h1-4H. The van der Waals surface area contributed by atoms with E-state index in [9.17, 15) is 10.1 Å². The van der Waals surface area contributed by atoms with Crippen molar-refractivity contribution < 1.29 is 9.34 Å². The zero-order chi connectivity index (χ0) is 12.6. The third kappa shape index (κ3) is 2.31. The summed E-state index contributed by atoms with van der Waals surface area (Å²) in [7, 11) is 0. The van der Waals surface area contributed by atoms with E-state index in [0.717, 1.165) is 0 Å². The van der Waals surface area contributed by atoms with E-state index in [1.54, 1.807) is 18.2 Å². The molecule has 0 fully saturated rings. The Morgan fingerprint density at radius 3 is 2.47 bits per heavy atom. The maximum atomic E-state index is 11.0. The molecular weight excluding hydrogens is 422 g/mol. The van der Waals surface area contributed by atoms with Crippen LogP contribution in [0.2, 0.25) is 0 Å². The van der Waals surface area contributed by atoms with Gasteiger partial charge in [-0.1, -0.05) is 0 Å². The van der Waals surface area contributed by atoms with Crippen LogP contribution in [-0.4, -0.2) is 4.92 Å². The number of rotatable bonds is 2. The van der Waals surface area contributed by atoms with Crippen LogP contribution in [-0.2, 0) is 0 Å². The molecule has 0 spiro atoms. The van der Waals surface area contributed by atoms with Gasteiger partial charge in [-0.2, -0.15) is 0 Å². The molecule has 2 rings (SSSR count). The molecule has 0 amide bonds. The van der Waals surface area contributed by atoms with Gasteiger partial charge in [0.05, 0.1) is 21.2 Å². The fourth-order valence-electron chi connectivity index (χ4n) is 1.39. The number of nitro benzene ring substituents is 1. The minimum atomic E-state index is -0.451. The van der Waals surface area contributed by atoms with Crippen LogP contribution in [0.3, 0.4) is 0 Å². The maximum Gasteiger partial charge on any atom is 0.298 e. The van der Waals surface area contributed by atoms with E-state index in [1.165, 1.54) is 6.26 Å².